The molecule has 2 fully saturated rings. The maximum atomic E-state index is 5.78. The van der Waals surface area contributed by atoms with E-state index in [-0.39, 0.29) is 0 Å². The van der Waals surface area contributed by atoms with Gasteiger partial charge in [0.05, 0.1) is 25.4 Å². The molecule has 1 saturated carbocycles. The van der Waals surface area contributed by atoms with Gasteiger partial charge in [0, 0.05) is 5.92 Å². The molecule has 1 aromatic carbocycles. The van der Waals surface area contributed by atoms with E-state index in [4.69, 9.17) is 9.47 Å². The third-order valence-electron chi connectivity index (χ3n) is 3.59. The first kappa shape index (κ1) is 10.3. The molecule has 1 aliphatic heterocycles. The van der Waals surface area contributed by atoms with Gasteiger partial charge in [-0.1, -0.05) is 36.8 Å². The van der Waals surface area contributed by atoms with Gasteiger partial charge in [-0.15, -0.1) is 0 Å². The Morgan fingerprint density at radius 2 is 2.06 bits per heavy atom. The van der Waals surface area contributed by atoms with Crippen molar-refractivity contribution in [2.45, 2.75) is 38.1 Å². The van der Waals surface area contributed by atoms with E-state index < -0.39 is 0 Å². The molecule has 0 bridgehead atoms. The lowest BCUT2D eigenvalue weighted by Crippen LogP contribution is -2.21. The molecule has 0 N–H and O–H groups in total. The van der Waals surface area contributed by atoms with E-state index in [0.29, 0.717) is 18.1 Å². The second-order valence-electron chi connectivity index (χ2n) is 4.83. The molecule has 2 nitrogen and oxygen atoms in total. The molecule has 3 rings (SSSR count). The number of hydrogen-bond donors (Lipinski definition) is 0. The van der Waals surface area contributed by atoms with Crippen LogP contribution in [-0.2, 0) is 16.1 Å². The number of hydrogen-bond acceptors (Lipinski definition) is 2. The Balaban J connectivity index is 1.43. The molecule has 3 atom stereocenters. The fourth-order valence-electron chi connectivity index (χ4n) is 2.63. The summed E-state index contributed by atoms with van der Waals surface area (Å²) in [7, 11) is 0. The zero-order chi connectivity index (χ0) is 10.8. The molecule has 0 spiro atoms. The second-order valence-corrected chi connectivity index (χ2v) is 4.83. The molecule has 0 amide bonds. The van der Waals surface area contributed by atoms with Gasteiger partial charge in [0.15, 0.2) is 0 Å². The highest BCUT2D eigenvalue weighted by atomic mass is 16.6. The molecule has 0 radical (unpaired) electrons. The maximum absolute atomic E-state index is 5.78. The Kier molecular flexibility index (Phi) is 2.94. The molecular weight excluding hydrogens is 200 g/mol. The number of epoxide rings is 1. The van der Waals surface area contributed by atoms with Crippen LogP contribution in [0.25, 0.3) is 0 Å². The van der Waals surface area contributed by atoms with E-state index in [1.807, 2.05) is 6.07 Å². The van der Waals surface area contributed by atoms with Crippen LogP contribution in [0.4, 0.5) is 0 Å². The number of ether oxygens (including phenoxy) is 2. The highest BCUT2D eigenvalue weighted by Crippen LogP contribution is 2.40. The highest BCUT2D eigenvalue weighted by molar-refractivity contribution is 5.13. The predicted octanol–water partition coefficient (Wildman–Crippen LogP) is 2.77. The average Bonchev–Trinajstić information content (AvgIpc) is 3.10. The van der Waals surface area contributed by atoms with Crippen LogP contribution >= 0.6 is 0 Å². The largest absolute Gasteiger partial charge is 0.376 e. The SMILES string of the molecule is c1ccc(COC[C@H]2CCC[C@@H]3O[C@H]23)cc1. The zero-order valence-electron chi connectivity index (χ0n) is 9.47. The molecule has 2 aliphatic rings. The lowest BCUT2D eigenvalue weighted by molar-refractivity contribution is 0.0720. The van der Waals surface area contributed by atoms with Gasteiger partial charge in [0.1, 0.15) is 0 Å². The van der Waals surface area contributed by atoms with Crippen LogP contribution in [0.3, 0.4) is 0 Å². The summed E-state index contributed by atoms with van der Waals surface area (Å²) in [5.74, 6) is 0.641. The molecule has 0 unspecified atom stereocenters. The third kappa shape index (κ3) is 2.28. The van der Waals surface area contributed by atoms with E-state index in [1.54, 1.807) is 0 Å². The van der Waals surface area contributed by atoms with Crippen molar-refractivity contribution in [2.75, 3.05) is 6.61 Å². The quantitative estimate of drug-likeness (QED) is 0.725. The van der Waals surface area contributed by atoms with Crippen molar-refractivity contribution in [1.82, 2.24) is 0 Å². The van der Waals surface area contributed by atoms with E-state index in [9.17, 15) is 0 Å². The summed E-state index contributed by atoms with van der Waals surface area (Å²) < 4.78 is 11.4. The topological polar surface area (TPSA) is 21.8 Å². The molecule has 1 saturated heterocycles. The lowest BCUT2D eigenvalue weighted by Gasteiger charge is -2.18. The van der Waals surface area contributed by atoms with E-state index in [0.717, 1.165) is 13.2 Å². The first-order valence-corrected chi connectivity index (χ1v) is 6.20. The van der Waals surface area contributed by atoms with Gasteiger partial charge >= 0.3 is 0 Å². The van der Waals surface area contributed by atoms with Crippen LogP contribution in [0, 0.1) is 5.92 Å². The van der Waals surface area contributed by atoms with E-state index in [1.165, 1.54) is 24.8 Å². The molecule has 1 heterocycles. The summed E-state index contributed by atoms with van der Waals surface area (Å²) in [5, 5.41) is 0. The van der Waals surface area contributed by atoms with Crippen LogP contribution < -0.4 is 0 Å². The van der Waals surface area contributed by atoms with Gasteiger partial charge in [-0.05, 0) is 18.4 Å². The van der Waals surface area contributed by atoms with Gasteiger partial charge in [0.25, 0.3) is 0 Å². The average molecular weight is 218 g/mol. The Morgan fingerprint density at radius 3 is 2.94 bits per heavy atom. The van der Waals surface area contributed by atoms with Crippen molar-refractivity contribution >= 4 is 0 Å². The summed E-state index contributed by atoms with van der Waals surface area (Å²) in [5.41, 5.74) is 1.26. The summed E-state index contributed by atoms with van der Waals surface area (Å²) >= 11 is 0. The fourth-order valence-corrected chi connectivity index (χ4v) is 2.63. The molecule has 0 aromatic heterocycles. The minimum atomic E-state index is 0.518. The lowest BCUT2D eigenvalue weighted by atomic mass is 9.90. The Morgan fingerprint density at radius 1 is 1.19 bits per heavy atom. The third-order valence-corrected chi connectivity index (χ3v) is 3.59. The molecule has 2 heteroatoms. The smallest absolute Gasteiger partial charge is 0.0891 e. The zero-order valence-corrected chi connectivity index (χ0v) is 9.47. The fraction of sp³-hybridized carbons (Fsp3) is 0.571. The van der Waals surface area contributed by atoms with E-state index in [2.05, 4.69) is 24.3 Å². The van der Waals surface area contributed by atoms with Crippen molar-refractivity contribution in [2.24, 2.45) is 5.92 Å². The summed E-state index contributed by atoms with van der Waals surface area (Å²) in [6, 6.07) is 10.4. The van der Waals surface area contributed by atoms with Crippen molar-refractivity contribution in [1.29, 1.82) is 0 Å². The van der Waals surface area contributed by atoms with Gasteiger partial charge in [-0.3, -0.25) is 0 Å². The summed E-state index contributed by atoms with van der Waals surface area (Å²) in [4.78, 5) is 0. The standard InChI is InChI=1S/C14H18O2/c1-2-5-11(6-3-1)9-15-10-12-7-4-8-13-14(12)16-13/h1-3,5-6,12-14H,4,7-10H2/t12-,13+,14-/m1/s1. The van der Waals surface area contributed by atoms with Gasteiger partial charge in [-0.2, -0.15) is 0 Å². The summed E-state index contributed by atoms with van der Waals surface area (Å²) in [6.45, 7) is 1.59. The maximum Gasteiger partial charge on any atom is 0.0891 e. The van der Waals surface area contributed by atoms with Crippen molar-refractivity contribution in [3.8, 4) is 0 Å². The Labute approximate surface area is 96.6 Å². The van der Waals surface area contributed by atoms with Crippen molar-refractivity contribution in [3.63, 3.8) is 0 Å². The monoisotopic (exact) mass is 218 g/mol. The molecule has 16 heavy (non-hydrogen) atoms. The van der Waals surface area contributed by atoms with Crippen molar-refractivity contribution < 1.29 is 9.47 Å². The Hall–Kier alpha value is -0.860. The van der Waals surface area contributed by atoms with E-state index >= 15 is 0 Å². The molecule has 1 aliphatic carbocycles. The molecule has 86 valence electrons. The number of benzene rings is 1. The molecule has 1 aromatic rings. The minimum Gasteiger partial charge on any atom is -0.376 e. The number of rotatable bonds is 4. The first-order valence-electron chi connectivity index (χ1n) is 6.20. The number of fused-ring (bicyclic) bond motifs is 1. The first-order chi connectivity index (χ1) is 7.93. The minimum absolute atomic E-state index is 0.518. The van der Waals surface area contributed by atoms with Crippen LogP contribution in [0.5, 0.6) is 0 Å². The normalized spacial score (nSPS) is 32.1. The Bertz CT molecular complexity index is 336. The van der Waals surface area contributed by atoms with Crippen LogP contribution in [0.15, 0.2) is 30.3 Å². The van der Waals surface area contributed by atoms with Crippen molar-refractivity contribution in [3.05, 3.63) is 35.9 Å². The van der Waals surface area contributed by atoms with Gasteiger partial charge in [0.2, 0.25) is 0 Å². The van der Waals surface area contributed by atoms with Crippen LogP contribution in [0.2, 0.25) is 0 Å². The second kappa shape index (κ2) is 4.56. The summed E-state index contributed by atoms with van der Waals surface area (Å²) in [6.07, 6.45) is 4.93. The predicted molar refractivity (Wildman–Crippen MR) is 62.1 cm³/mol. The van der Waals surface area contributed by atoms with Gasteiger partial charge in [-0.25, -0.2) is 0 Å². The van der Waals surface area contributed by atoms with Crippen LogP contribution in [-0.4, -0.2) is 18.8 Å². The highest BCUT2D eigenvalue weighted by Gasteiger charge is 2.46. The van der Waals surface area contributed by atoms with Crippen LogP contribution in [0.1, 0.15) is 24.8 Å². The molecular formula is C14H18O2. The van der Waals surface area contributed by atoms with Gasteiger partial charge < -0.3 is 9.47 Å².